The Kier molecular flexibility index (Phi) is 33.6. The Balaban J connectivity index is 1.07. The van der Waals surface area contributed by atoms with Gasteiger partial charge in [-0.15, -0.1) is 0 Å². The highest BCUT2D eigenvalue weighted by Gasteiger charge is 2.27. The zero-order valence-corrected chi connectivity index (χ0v) is 74.2. The van der Waals surface area contributed by atoms with Gasteiger partial charge in [-0.25, -0.2) is 0 Å². The Hall–Kier alpha value is -10.2. The minimum Gasteiger partial charge on any atom is -0.493 e. The second kappa shape index (κ2) is 46.0. The summed E-state index contributed by atoms with van der Waals surface area (Å²) < 4.78 is 30.9. The summed E-state index contributed by atoms with van der Waals surface area (Å²) in [7, 11) is 0. The Morgan fingerprint density at radius 2 is 0.283 bits per heavy atom. The molecule has 0 aromatic heterocycles. The molecule has 0 saturated carbocycles. The zero-order valence-electron chi connectivity index (χ0n) is 74.2. The molecule has 1 aliphatic carbocycles. The van der Waals surface area contributed by atoms with Crippen molar-refractivity contribution in [2.24, 2.45) is 0 Å². The van der Waals surface area contributed by atoms with E-state index in [1.165, 1.54) is 240 Å². The largest absolute Gasteiger partial charge is 0.493 e. The normalized spacial score (nSPS) is 11.9. The van der Waals surface area contributed by atoms with E-state index in [4.69, 9.17) is 18.9 Å². The van der Waals surface area contributed by atoms with E-state index in [0.29, 0.717) is 52.1 Å². The highest BCUT2D eigenvalue weighted by Crippen LogP contribution is 2.46. The molecule has 8 bridgehead atoms. The minimum atomic E-state index is 0.573. The van der Waals surface area contributed by atoms with Crippen molar-refractivity contribution in [3.63, 3.8) is 0 Å². The van der Waals surface area contributed by atoms with Crippen molar-refractivity contribution in [1.29, 1.82) is 0 Å². The lowest BCUT2D eigenvalue weighted by molar-refractivity contribution is 0.293. The van der Waals surface area contributed by atoms with Crippen molar-refractivity contribution in [3.8, 4) is 112 Å². The second-order valence-electron chi connectivity index (χ2n) is 34.9. The summed E-state index contributed by atoms with van der Waals surface area (Å²) in [6, 6.07) is 93.1. The van der Waals surface area contributed by atoms with Crippen LogP contribution in [0.2, 0.25) is 0 Å². The van der Waals surface area contributed by atoms with Gasteiger partial charge >= 0.3 is 0 Å². The number of rotatable bonds is 44. The average molecular weight is 1590 g/mol. The van der Waals surface area contributed by atoms with Crippen LogP contribution in [0.5, 0.6) is 23.0 Å². The fraction of sp³-hybridized carbons (Fsp3) is 0.379. The SMILES string of the molecule is CCCCCCCCCOc1c2cc(-c3ccc(-c4ccc(C)cc4)cc3)cc1Cc1cc(-c3ccc(-c4ccc(C)cc4)cc3)cc(c1OCCCCCCCCC)Cc1cc(-c3ccc(-c4ccc(C)cc4)cc3)cc(c1OCCCCCCCCC)Cc1cc(-c3ccc(-c4ccc(C)cc4)cc3)cc(c1OCCCCCCCCC)C2. The molecule has 1 aliphatic rings. The van der Waals surface area contributed by atoms with E-state index in [1.54, 1.807) is 0 Å². The lowest BCUT2D eigenvalue weighted by Crippen LogP contribution is -2.11. The molecule has 0 heterocycles. The fourth-order valence-electron chi connectivity index (χ4n) is 17.6. The first-order chi connectivity index (χ1) is 59.0. The molecule has 0 amide bonds. The van der Waals surface area contributed by atoms with Crippen LogP contribution in [-0.4, -0.2) is 26.4 Å². The molecule has 624 valence electrons. The Morgan fingerprint density at radius 1 is 0.158 bits per heavy atom. The van der Waals surface area contributed by atoms with Crippen LogP contribution < -0.4 is 18.9 Å². The van der Waals surface area contributed by atoms with Gasteiger partial charge in [-0.3, -0.25) is 0 Å². The molecule has 13 rings (SSSR count). The number of fused-ring (bicyclic) bond motifs is 8. The van der Waals surface area contributed by atoms with E-state index < -0.39 is 0 Å². The maximum Gasteiger partial charge on any atom is 0.126 e. The van der Waals surface area contributed by atoms with Gasteiger partial charge in [0, 0.05) is 25.7 Å². The average Bonchev–Trinajstić information content (AvgIpc) is 0.765. The first-order valence-corrected chi connectivity index (χ1v) is 46.8. The van der Waals surface area contributed by atoms with Gasteiger partial charge in [0.15, 0.2) is 0 Å². The fourth-order valence-corrected chi connectivity index (χ4v) is 17.6. The maximum atomic E-state index is 7.73. The molecule has 0 radical (unpaired) electrons. The van der Waals surface area contributed by atoms with Gasteiger partial charge in [0.25, 0.3) is 0 Å². The van der Waals surface area contributed by atoms with Gasteiger partial charge in [0.2, 0.25) is 0 Å². The topological polar surface area (TPSA) is 36.9 Å². The van der Waals surface area contributed by atoms with Crippen LogP contribution in [0.15, 0.2) is 243 Å². The van der Waals surface area contributed by atoms with E-state index in [9.17, 15) is 0 Å². The van der Waals surface area contributed by atoms with Crippen molar-refractivity contribution < 1.29 is 18.9 Å². The molecule has 120 heavy (non-hydrogen) atoms. The predicted octanol–water partition coefficient (Wildman–Crippen LogP) is 33.5. The molecule has 4 nitrogen and oxygen atoms in total. The standard InChI is InChI=1S/C116H136O4/c1-9-13-17-21-25-29-33-69-117-113-105-73-101(97-61-53-93(54-62-97)89-45-37-85(5)38-46-89)74-106(113)82-108-76-103(99-65-57-95(58-66-99)91-49-41-87(7)42-50-91)78-110(115(108)119-71-35-31-27-23-19-15-11-3)84-112-80-104(100-67-59-96(60-68-100)92-51-43-88(8)44-52-92)79-111(116(112)120-72-36-32-28-24-20-16-12-4)83-109-77-102(98-63-55-94(56-64-98)90-47-39-86(6)40-48-90)75-107(81-105)114(109)118-70-34-30-26-22-18-14-10-2/h37-68,73-80H,9-36,69-72,81-84H2,1-8H3. The number of benzene rings is 12. The van der Waals surface area contributed by atoms with Gasteiger partial charge in [-0.2, -0.15) is 0 Å². The number of hydrogen-bond acceptors (Lipinski definition) is 4. The summed E-state index contributed by atoms with van der Waals surface area (Å²) in [6.45, 7) is 20.4. The van der Waals surface area contributed by atoms with E-state index in [-0.39, 0.29) is 0 Å². The van der Waals surface area contributed by atoms with E-state index >= 15 is 0 Å². The first-order valence-electron chi connectivity index (χ1n) is 46.8. The predicted molar refractivity (Wildman–Crippen MR) is 513 cm³/mol. The lowest BCUT2D eigenvalue weighted by Gasteiger charge is -2.25. The van der Waals surface area contributed by atoms with Crippen molar-refractivity contribution >= 4 is 0 Å². The summed E-state index contributed by atoms with van der Waals surface area (Å²) in [5, 5.41) is 0. The van der Waals surface area contributed by atoms with Crippen LogP contribution in [0.25, 0.3) is 89.0 Å². The number of unbranched alkanes of at least 4 members (excludes halogenated alkanes) is 24. The molecule has 12 aromatic carbocycles. The third-order valence-corrected chi connectivity index (χ3v) is 24.9. The highest BCUT2D eigenvalue weighted by molar-refractivity contribution is 5.79. The van der Waals surface area contributed by atoms with Gasteiger partial charge in [0.1, 0.15) is 23.0 Å². The number of hydrogen-bond donors (Lipinski definition) is 0. The van der Waals surface area contributed by atoms with Gasteiger partial charge in [-0.1, -0.05) is 398 Å². The maximum absolute atomic E-state index is 7.73. The number of aryl methyl sites for hydroxylation is 4. The minimum absolute atomic E-state index is 0.573. The molecule has 12 aromatic rings. The summed E-state index contributed by atoms with van der Waals surface area (Å²) in [5.41, 5.74) is 33.3. The van der Waals surface area contributed by atoms with Crippen LogP contribution in [-0.2, 0) is 25.7 Å². The highest BCUT2D eigenvalue weighted by atomic mass is 16.5. The van der Waals surface area contributed by atoms with Crippen molar-refractivity contribution in [2.45, 2.75) is 261 Å². The molecule has 0 aliphatic heterocycles. The zero-order chi connectivity index (χ0) is 83.0. The lowest BCUT2D eigenvalue weighted by atomic mass is 9.86. The van der Waals surface area contributed by atoms with E-state index in [0.717, 1.165) is 119 Å². The molecule has 0 atom stereocenters. The first kappa shape index (κ1) is 87.7. The second-order valence-corrected chi connectivity index (χ2v) is 34.9. The Bertz CT molecular complexity index is 4360. The van der Waals surface area contributed by atoms with Gasteiger partial charge < -0.3 is 18.9 Å². The Morgan fingerprint density at radius 3 is 0.433 bits per heavy atom. The molecule has 0 spiro atoms. The van der Waals surface area contributed by atoms with Crippen molar-refractivity contribution in [2.75, 3.05) is 26.4 Å². The molecular weight excluding hydrogens is 1460 g/mol. The summed E-state index contributed by atoms with van der Waals surface area (Å²) in [5.74, 6) is 3.88. The van der Waals surface area contributed by atoms with Crippen LogP contribution in [0, 0.1) is 27.7 Å². The molecule has 0 saturated heterocycles. The molecular formula is C116H136O4. The van der Waals surface area contributed by atoms with Crippen LogP contribution >= 0.6 is 0 Å². The third-order valence-electron chi connectivity index (χ3n) is 24.9. The van der Waals surface area contributed by atoms with Crippen LogP contribution in [0.4, 0.5) is 0 Å². The summed E-state index contributed by atoms with van der Waals surface area (Å²) in [4.78, 5) is 0. The molecule has 0 unspecified atom stereocenters. The number of ether oxygens (including phenoxy) is 4. The third kappa shape index (κ3) is 25.0. The van der Waals surface area contributed by atoms with Gasteiger partial charge in [0.05, 0.1) is 26.4 Å². The van der Waals surface area contributed by atoms with Gasteiger partial charge in [-0.05, 0) is 235 Å². The van der Waals surface area contributed by atoms with Crippen LogP contribution in [0.1, 0.15) is 274 Å². The van der Waals surface area contributed by atoms with Crippen LogP contribution in [0.3, 0.4) is 0 Å². The smallest absolute Gasteiger partial charge is 0.126 e. The van der Waals surface area contributed by atoms with E-state index in [2.05, 4.69) is 298 Å². The Labute approximate surface area is 723 Å². The van der Waals surface area contributed by atoms with E-state index in [1.807, 2.05) is 0 Å². The van der Waals surface area contributed by atoms with Crippen molar-refractivity contribution in [1.82, 2.24) is 0 Å². The summed E-state index contributed by atoms with van der Waals surface area (Å²) >= 11 is 0. The monoisotopic (exact) mass is 1590 g/mol. The molecule has 4 heteroatoms. The molecule has 0 N–H and O–H groups in total. The quantitative estimate of drug-likeness (QED) is 0.0357. The summed E-state index contributed by atoms with van der Waals surface area (Å²) in [6.07, 6.45) is 35.8. The van der Waals surface area contributed by atoms with Crippen molar-refractivity contribution in [3.05, 3.63) is 309 Å². The molecule has 0 fully saturated rings.